The monoisotopic (exact) mass is 383 g/mol. The first-order chi connectivity index (χ1) is 13.6. The van der Waals surface area contributed by atoms with Crippen molar-refractivity contribution in [1.82, 2.24) is 20.1 Å². The van der Waals surface area contributed by atoms with Crippen LogP contribution in [0.5, 0.6) is 5.75 Å². The summed E-state index contributed by atoms with van der Waals surface area (Å²) in [6, 6.07) is 8.11. The topological polar surface area (TPSA) is 87.5 Å². The zero-order valence-electron chi connectivity index (χ0n) is 16.2. The van der Waals surface area contributed by atoms with E-state index < -0.39 is 0 Å². The molecule has 1 saturated heterocycles. The van der Waals surface area contributed by atoms with Crippen LogP contribution in [0, 0.1) is 5.92 Å². The largest absolute Gasteiger partial charge is 0.497 e. The summed E-state index contributed by atoms with van der Waals surface area (Å²) >= 11 is 0. The fourth-order valence-electron chi connectivity index (χ4n) is 3.68. The van der Waals surface area contributed by atoms with E-state index >= 15 is 0 Å². The Labute approximate surface area is 163 Å². The van der Waals surface area contributed by atoms with Gasteiger partial charge in [0.15, 0.2) is 5.58 Å². The van der Waals surface area contributed by atoms with Crippen molar-refractivity contribution in [3.05, 3.63) is 36.2 Å². The highest BCUT2D eigenvalue weighted by molar-refractivity contribution is 5.77. The van der Waals surface area contributed by atoms with E-state index in [1.165, 1.54) is 0 Å². The van der Waals surface area contributed by atoms with Crippen LogP contribution >= 0.6 is 0 Å². The number of anilines is 1. The summed E-state index contributed by atoms with van der Waals surface area (Å²) in [4.78, 5) is 21.1. The Morgan fingerprint density at radius 1 is 1.43 bits per heavy atom. The van der Waals surface area contributed by atoms with Crippen molar-refractivity contribution in [2.24, 2.45) is 5.92 Å². The first kappa shape index (κ1) is 18.3. The van der Waals surface area contributed by atoms with Crippen LogP contribution < -0.4 is 9.64 Å². The van der Waals surface area contributed by atoms with Crippen LogP contribution in [0.3, 0.4) is 0 Å². The summed E-state index contributed by atoms with van der Waals surface area (Å²) in [6.45, 7) is 2.20. The summed E-state index contributed by atoms with van der Waals surface area (Å²) in [5.74, 6) is 1.19. The number of rotatable bonds is 6. The van der Waals surface area contributed by atoms with E-state index in [9.17, 15) is 4.79 Å². The highest BCUT2D eigenvalue weighted by Gasteiger charge is 2.26. The molecule has 0 radical (unpaired) electrons. The highest BCUT2D eigenvalue weighted by atomic mass is 16.5. The zero-order chi connectivity index (χ0) is 19.5. The van der Waals surface area contributed by atoms with Crippen LogP contribution in [0.4, 0.5) is 6.01 Å². The molecule has 1 aliphatic rings. The number of piperidine rings is 1. The van der Waals surface area contributed by atoms with E-state index in [1.807, 2.05) is 31.3 Å². The molecule has 0 saturated carbocycles. The second kappa shape index (κ2) is 7.92. The molecular formula is C20H25N5O3. The minimum atomic E-state index is 0.142. The summed E-state index contributed by atoms with van der Waals surface area (Å²) in [5.41, 5.74) is 2.46. The average Bonchev–Trinajstić information content (AvgIpc) is 3.37. The molecule has 8 heteroatoms. The van der Waals surface area contributed by atoms with Gasteiger partial charge in [-0.2, -0.15) is 10.1 Å². The van der Waals surface area contributed by atoms with E-state index in [0.29, 0.717) is 19.0 Å². The molecule has 148 valence electrons. The quantitative estimate of drug-likeness (QED) is 0.704. The van der Waals surface area contributed by atoms with E-state index in [-0.39, 0.29) is 11.8 Å². The first-order valence-corrected chi connectivity index (χ1v) is 9.54. The van der Waals surface area contributed by atoms with E-state index in [2.05, 4.69) is 20.1 Å². The predicted molar refractivity (Wildman–Crippen MR) is 105 cm³/mol. The number of aromatic amines is 1. The first-order valence-electron chi connectivity index (χ1n) is 9.54. The van der Waals surface area contributed by atoms with Crippen LogP contribution in [-0.4, -0.2) is 53.2 Å². The maximum absolute atomic E-state index is 12.6. The van der Waals surface area contributed by atoms with Gasteiger partial charge in [0.1, 0.15) is 11.3 Å². The fraction of sp³-hybridized carbons (Fsp3) is 0.450. The van der Waals surface area contributed by atoms with E-state index in [0.717, 1.165) is 48.5 Å². The molecule has 0 aliphatic carbocycles. The number of aromatic nitrogens is 3. The van der Waals surface area contributed by atoms with E-state index in [4.69, 9.17) is 9.15 Å². The SMILES string of the molecule is COc1ccc2oc(N3CCCC(CC(=O)N(C)Cc4ccn[nH]4)C3)nc2c1. The second-order valence-electron chi connectivity index (χ2n) is 7.32. The van der Waals surface area contributed by atoms with Gasteiger partial charge in [0.05, 0.1) is 19.3 Å². The number of amides is 1. The zero-order valence-corrected chi connectivity index (χ0v) is 16.2. The Bertz CT molecular complexity index is 937. The molecule has 3 aromatic rings. The van der Waals surface area contributed by atoms with Gasteiger partial charge in [0, 0.05) is 38.8 Å². The van der Waals surface area contributed by atoms with Crippen molar-refractivity contribution in [1.29, 1.82) is 0 Å². The predicted octanol–water partition coefficient (Wildman–Crippen LogP) is 2.82. The summed E-state index contributed by atoms with van der Waals surface area (Å²) < 4.78 is 11.2. The van der Waals surface area contributed by atoms with Gasteiger partial charge in [0.25, 0.3) is 6.01 Å². The lowest BCUT2D eigenvalue weighted by molar-refractivity contribution is -0.131. The molecule has 1 amide bonds. The molecule has 1 N–H and O–H groups in total. The van der Waals surface area contributed by atoms with Crippen LogP contribution in [0.15, 0.2) is 34.9 Å². The number of carbonyl (C=O) groups is 1. The number of nitrogens with zero attached hydrogens (tertiary/aromatic N) is 4. The van der Waals surface area contributed by atoms with Gasteiger partial charge < -0.3 is 19.0 Å². The normalized spacial score (nSPS) is 17.1. The van der Waals surface area contributed by atoms with E-state index in [1.54, 1.807) is 18.2 Å². The fourth-order valence-corrected chi connectivity index (χ4v) is 3.68. The van der Waals surface area contributed by atoms with Gasteiger partial charge in [-0.05, 0) is 37.0 Å². The molecule has 4 rings (SSSR count). The Morgan fingerprint density at radius 2 is 2.32 bits per heavy atom. The molecule has 1 aliphatic heterocycles. The summed E-state index contributed by atoms with van der Waals surface area (Å²) in [6.07, 6.45) is 4.27. The molecule has 1 aromatic carbocycles. The lowest BCUT2D eigenvalue weighted by atomic mass is 9.94. The Kier molecular flexibility index (Phi) is 5.18. The standard InChI is InChI=1S/C20H25N5O3/c1-24(13-15-7-8-21-23-15)19(26)10-14-4-3-9-25(12-14)20-22-17-11-16(27-2)5-6-18(17)28-20/h5-8,11,14H,3-4,9-10,12-13H2,1-2H3,(H,21,23). The number of carbonyl (C=O) groups excluding carboxylic acids is 1. The Morgan fingerprint density at radius 3 is 3.11 bits per heavy atom. The maximum Gasteiger partial charge on any atom is 0.298 e. The van der Waals surface area contributed by atoms with Crippen molar-refractivity contribution >= 4 is 23.0 Å². The molecule has 0 spiro atoms. The Hall–Kier alpha value is -3.03. The third-order valence-corrected chi connectivity index (χ3v) is 5.23. The summed E-state index contributed by atoms with van der Waals surface area (Å²) in [5, 5.41) is 6.82. The van der Waals surface area contributed by atoms with Gasteiger partial charge in [-0.1, -0.05) is 0 Å². The smallest absolute Gasteiger partial charge is 0.298 e. The van der Waals surface area contributed by atoms with Gasteiger partial charge in [0.2, 0.25) is 5.91 Å². The Balaban J connectivity index is 1.39. The number of ether oxygens (including phenoxy) is 1. The molecule has 1 atom stereocenters. The lowest BCUT2D eigenvalue weighted by Gasteiger charge is -2.32. The number of hydrogen-bond donors (Lipinski definition) is 1. The van der Waals surface area contributed by atoms with Crippen molar-refractivity contribution in [2.75, 3.05) is 32.1 Å². The minimum absolute atomic E-state index is 0.142. The van der Waals surface area contributed by atoms with Crippen molar-refractivity contribution in [3.63, 3.8) is 0 Å². The molecule has 2 aromatic heterocycles. The third-order valence-electron chi connectivity index (χ3n) is 5.23. The number of fused-ring (bicyclic) bond motifs is 1. The molecular weight excluding hydrogens is 358 g/mol. The molecule has 1 fully saturated rings. The van der Waals surface area contributed by atoms with Crippen molar-refractivity contribution in [3.8, 4) is 5.75 Å². The number of H-pyrrole nitrogens is 1. The third kappa shape index (κ3) is 3.95. The second-order valence-corrected chi connectivity index (χ2v) is 7.32. The lowest BCUT2D eigenvalue weighted by Crippen LogP contribution is -2.38. The van der Waals surface area contributed by atoms with Gasteiger partial charge in [-0.25, -0.2) is 0 Å². The average molecular weight is 383 g/mol. The van der Waals surface area contributed by atoms with Gasteiger partial charge in [-0.3, -0.25) is 9.89 Å². The highest BCUT2D eigenvalue weighted by Crippen LogP contribution is 2.29. The van der Waals surface area contributed by atoms with Crippen molar-refractivity contribution in [2.45, 2.75) is 25.8 Å². The molecule has 1 unspecified atom stereocenters. The molecule has 3 heterocycles. The molecule has 0 bridgehead atoms. The maximum atomic E-state index is 12.6. The van der Waals surface area contributed by atoms with Crippen LogP contribution in [-0.2, 0) is 11.3 Å². The van der Waals surface area contributed by atoms with Gasteiger partial charge in [-0.15, -0.1) is 0 Å². The van der Waals surface area contributed by atoms with Crippen LogP contribution in [0.2, 0.25) is 0 Å². The minimum Gasteiger partial charge on any atom is -0.497 e. The van der Waals surface area contributed by atoms with Crippen molar-refractivity contribution < 1.29 is 13.9 Å². The number of nitrogens with one attached hydrogen (secondary N) is 1. The number of oxazole rings is 1. The number of hydrogen-bond acceptors (Lipinski definition) is 6. The molecule has 28 heavy (non-hydrogen) atoms. The van der Waals surface area contributed by atoms with Crippen LogP contribution in [0.25, 0.3) is 11.1 Å². The number of benzene rings is 1. The van der Waals surface area contributed by atoms with Crippen LogP contribution in [0.1, 0.15) is 25.0 Å². The van der Waals surface area contributed by atoms with Gasteiger partial charge >= 0.3 is 0 Å². The number of methoxy groups -OCH3 is 1. The molecule has 8 nitrogen and oxygen atoms in total. The summed E-state index contributed by atoms with van der Waals surface area (Å²) in [7, 11) is 3.47.